The van der Waals surface area contributed by atoms with E-state index in [0.29, 0.717) is 30.7 Å². The van der Waals surface area contributed by atoms with Gasteiger partial charge in [-0.1, -0.05) is 39.5 Å². The lowest BCUT2D eigenvalue weighted by molar-refractivity contribution is -0.143. The van der Waals surface area contributed by atoms with Gasteiger partial charge in [-0.2, -0.15) is 0 Å². The molecule has 0 aromatic heterocycles. The maximum absolute atomic E-state index is 12.6. The molecule has 1 aromatic carbocycles. The zero-order chi connectivity index (χ0) is 24.4. The fourth-order valence-electron chi connectivity index (χ4n) is 3.42. The molecule has 1 aliphatic rings. The molecular formula is C27H33N2O4. The lowest BCUT2D eigenvalue weighted by Gasteiger charge is -2.28. The van der Waals surface area contributed by atoms with Crippen molar-refractivity contribution in [3.8, 4) is 11.8 Å². The summed E-state index contributed by atoms with van der Waals surface area (Å²) < 4.78 is 4.80. The highest BCUT2D eigenvalue weighted by atomic mass is 16.5. The molecule has 0 aliphatic heterocycles. The summed E-state index contributed by atoms with van der Waals surface area (Å²) in [6.07, 6.45) is 9.02. The molecule has 0 heterocycles. The molecule has 5 radical (unpaired) electrons. The molecule has 2 N–H and O–H groups in total. The molecule has 0 saturated heterocycles. The zero-order valence-corrected chi connectivity index (χ0v) is 20.0. The number of carbonyl (C=O) groups excluding carboxylic acids is 3. The summed E-state index contributed by atoms with van der Waals surface area (Å²) in [5, 5.41) is 5.81. The Bertz CT molecular complexity index is 870. The smallest absolute Gasteiger partial charge is 0.328 e. The molecule has 1 atom stereocenters. The van der Waals surface area contributed by atoms with Crippen LogP contribution in [0.3, 0.4) is 0 Å². The van der Waals surface area contributed by atoms with Crippen LogP contribution >= 0.6 is 0 Å². The maximum atomic E-state index is 12.6. The predicted octanol–water partition coefficient (Wildman–Crippen LogP) is 3.44. The first-order valence-electron chi connectivity index (χ1n) is 11.3. The maximum Gasteiger partial charge on any atom is 0.328 e. The summed E-state index contributed by atoms with van der Waals surface area (Å²) in [7, 11) is 1.31. The van der Waals surface area contributed by atoms with Crippen LogP contribution in [0.25, 0.3) is 0 Å². The van der Waals surface area contributed by atoms with Gasteiger partial charge in [0.2, 0.25) is 5.91 Å². The van der Waals surface area contributed by atoms with Crippen LogP contribution in [0.15, 0.2) is 24.3 Å². The highest BCUT2D eigenvalue weighted by Crippen LogP contribution is 2.25. The Balaban J connectivity index is 2.10. The Morgan fingerprint density at radius 1 is 1.00 bits per heavy atom. The molecule has 33 heavy (non-hydrogen) atoms. The zero-order valence-electron chi connectivity index (χ0n) is 20.0. The number of carbonyl (C=O) groups is 3. The van der Waals surface area contributed by atoms with E-state index in [-0.39, 0.29) is 17.7 Å². The van der Waals surface area contributed by atoms with Gasteiger partial charge < -0.3 is 15.4 Å². The minimum Gasteiger partial charge on any atom is -0.467 e. The van der Waals surface area contributed by atoms with Crippen molar-refractivity contribution in [3.63, 3.8) is 0 Å². The van der Waals surface area contributed by atoms with Crippen molar-refractivity contribution in [1.29, 1.82) is 0 Å². The minimum atomic E-state index is -0.692. The van der Waals surface area contributed by atoms with Gasteiger partial charge in [0.05, 0.1) is 13.0 Å². The average molecular weight is 450 g/mol. The Labute approximate surface area is 198 Å². The molecular weight excluding hydrogens is 416 g/mol. The van der Waals surface area contributed by atoms with Crippen LogP contribution in [-0.2, 0) is 14.3 Å². The topological polar surface area (TPSA) is 84.5 Å². The first-order valence-corrected chi connectivity index (χ1v) is 11.3. The monoisotopic (exact) mass is 449 g/mol. The molecule has 1 fully saturated rings. The van der Waals surface area contributed by atoms with Crippen LogP contribution in [0.5, 0.6) is 0 Å². The summed E-state index contributed by atoms with van der Waals surface area (Å²) in [6, 6.07) is 6.16. The van der Waals surface area contributed by atoms with E-state index in [2.05, 4.69) is 22.5 Å². The normalized spacial score (nSPS) is 14.8. The van der Waals surface area contributed by atoms with Crippen molar-refractivity contribution in [3.05, 3.63) is 67.0 Å². The number of benzene rings is 1. The molecule has 2 amide bonds. The molecule has 1 saturated carbocycles. The van der Waals surface area contributed by atoms with E-state index in [1.165, 1.54) is 7.11 Å². The number of nitrogens with one attached hydrogen (secondary N) is 2. The second-order valence-electron chi connectivity index (χ2n) is 8.42. The molecule has 6 heteroatoms. The lowest BCUT2D eigenvalue weighted by atomic mass is 9.91. The van der Waals surface area contributed by atoms with Crippen molar-refractivity contribution in [2.75, 3.05) is 7.11 Å². The molecule has 2 rings (SSSR count). The van der Waals surface area contributed by atoms with E-state index in [1.54, 1.807) is 37.1 Å². The fourth-order valence-corrected chi connectivity index (χ4v) is 3.42. The van der Waals surface area contributed by atoms with Crippen molar-refractivity contribution in [2.24, 2.45) is 5.92 Å². The fraction of sp³-hybridized carbons (Fsp3) is 0.407. The van der Waals surface area contributed by atoms with Gasteiger partial charge >= 0.3 is 5.97 Å². The summed E-state index contributed by atoms with van der Waals surface area (Å²) in [4.78, 5) is 37.1. The standard InChI is InChI=1S/C27H33N2O4/c1-6-27(7-2,29-25(31)21-10-8-9-11-21)17-16-20-12-14-22(15-13-20)24(30)28-23(18-19(3)4)26(32)33-5/h8-15,19,23H,6-7,18H2,1-5H3,(H,28,30)(H,29,31)/t23-/m0/s1. The molecule has 0 bridgehead atoms. The Morgan fingerprint density at radius 2 is 1.61 bits per heavy atom. The van der Waals surface area contributed by atoms with Gasteiger partial charge in [-0.3, -0.25) is 9.59 Å². The summed E-state index contributed by atoms with van der Waals surface area (Å²) in [5.41, 5.74) is 0.515. The molecule has 1 aliphatic carbocycles. The van der Waals surface area contributed by atoms with E-state index < -0.39 is 17.6 Å². The number of amides is 2. The Hall–Kier alpha value is -2.81. The number of methoxy groups -OCH3 is 1. The largest absolute Gasteiger partial charge is 0.467 e. The van der Waals surface area contributed by atoms with Gasteiger partial charge in [-0.25, -0.2) is 4.79 Å². The summed E-state index contributed by atoms with van der Waals surface area (Å²) in [6.45, 7) is 7.94. The summed E-state index contributed by atoms with van der Waals surface area (Å²) in [5.74, 6) is 6.24. The van der Waals surface area contributed by atoms with Gasteiger partial charge in [0, 0.05) is 11.1 Å². The van der Waals surface area contributed by atoms with Crippen LogP contribution < -0.4 is 10.6 Å². The van der Waals surface area contributed by atoms with Gasteiger partial charge in [0.1, 0.15) is 11.6 Å². The van der Waals surface area contributed by atoms with E-state index in [1.807, 2.05) is 40.5 Å². The highest BCUT2D eigenvalue weighted by molar-refractivity contribution is 5.97. The molecule has 1 aromatic rings. The predicted molar refractivity (Wildman–Crippen MR) is 128 cm³/mol. The van der Waals surface area contributed by atoms with Gasteiger partial charge in [0.25, 0.3) is 5.91 Å². The van der Waals surface area contributed by atoms with Crippen molar-refractivity contribution in [1.82, 2.24) is 10.6 Å². The quantitative estimate of drug-likeness (QED) is 0.447. The summed E-state index contributed by atoms with van der Waals surface area (Å²) >= 11 is 0. The van der Waals surface area contributed by atoms with Crippen LogP contribution in [0.4, 0.5) is 0 Å². The number of hydrogen-bond donors (Lipinski definition) is 2. The third-order valence-electron chi connectivity index (χ3n) is 5.58. The van der Waals surface area contributed by atoms with Crippen LogP contribution in [0.1, 0.15) is 62.9 Å². The lowest BCUT2D eigenvalue weighted by Crippen LogP contribution is -2.48. The Kier molecular flexibility index (Phi) is 9.96. The number of esters is 1. The van der Waals surface area contributed by atoms with Gasteiger partial charge in [0.15, 0.2) is 0 Å². The van der Waals surface area contributed by atoms with Gasteiger partial charge in [-0.15, -0.1) is 0 Å². The molecule has 0 unspecified atom stereocenters. The highest BCUT2D eigenvalue weighted by Gasteiger charge is 2.31. The molecule has 175 valence electrons. The third-order valence-corrected chi connectivity index (χ3v) is 5.58. The first-order chi connectivity index (χ1) is 15.7. The Morgan fingerprint density at radius 3 is 2.12 bits per heavy atom. The number of hydrogen-bond acceptors (Lipinski definition) is 4. The van der Waals surface area contributed by atoms with Crippen molar-refractivity contribution < 1.29 is 19.1 Å². The molecule has 0 spiro atoms. The van der Waals surface area contributed by atoms with E-state index in [0.717, 1.165) is 5.56 Å². The second-order valence-corrected chi connectivity index (χ2v) is 8.42. The van der Waals surface area contributed by atoms with Crippen LogP contribution in [-0.4, -0.2) is 36.5 Å². The van der Waals surface area contributed by atoms with Crippen LogP contribution in [0.2, 0.25) is 0 Å². The van der Waals surface area contributed by atoms with Crippen molar-refractivity contribution >= 4 is 17.8 Å². The first kappa shape index (κ1) is 26.4. The van der Waals surface area contributed by atoms with E-state index in [4.69, 9.17) is 4.74 Å². The van der Waals surface area contributed by atoms with Crippen molar-refractivity contribution in [2.45, 2.75) is 58.5 Å². The molecule has 6 nitrogen and oxygen atoms in total. The second kappa shape index (κ2) is 12.4. The number of rotatable bonds is 9. The SMILES string of the molecule is CCC(C#Cc1ccc(C(=O)N[C@@H](CC(C)C)C(=O)OC)cc1)(CC)NC(=O)[C]1[CH][CH][CH][CH]1. The van der Waals surface area contributed by atoms with Gasteiger partial charge in [-0.05, 0) is 75.1 Å². The minimum absolute atomic E-state index is 0.147. The van der Waals surface area contributed by atoms with E-state index in [9.17, 15) is 14.4 Å². The average Bonchev–Trinajstić information content (AvgIpc) is 3.36. The van der Waals surface area contributed by atoms with Crippen LogP contribution in [0, 0.1) is 49.4 Å². The van der Waals surface area contributed by atoms with E-state index >= 15 is 0 Å². The third kappa shape index (κ3) is 7.63. The number of ether oxygens (including phenoxy) is 1.